The van der Waals surface area contributed by atoms with Gasteiger partial charge in [-0.2, -0.15) is 5.12 Å². The minimum Gasteiger partial charge on any atom is -0.506 e. The van der Waals surface area contributed by atoms with E-state index in [1.165, 1.54) is 5.56 Å². The van der Waals surface area contributed by atoms with Crippen LogP contribution in [0.3, 0.4) is 0 Å². The van der Waals surface area contributed by atoms with Crippen molar-refractivity contribution in [2.45, 2.75) is 52.5 Å². The number of phenols is 1. The summed E-state index contributed by atoms with van der Waals surface area (Å²) >= 11 is 0. The van der Waals surface area contributed by atoms with Crippen molar-refractivity contribution in [2.75, 3.05) is 15.6 Å². The zero-order valence-electron chi connectivity index (χ0n) is 15.4. The minimum atomic E-state index is -0.156. The molecule has 0 saturated carbocycles. The molecule has 24 heavy (non-hydrogen) atoms. The number of nitrogens with one attached hydrogen (secondary N) is 1. The Hall–Kier alpha value is -2.36. The fourth-order valence-electron chi connectivity index (χ4n) is 3.01. The van der Waals surface area contributed by atoms with E-state index in [1.54, 1.807) is 6.07 Å². The van der Waals surface area contributed by atoms with Gasteiger partial charge >= 0.3 is 0 Å². The summed E-state index contributed by atoms with van der Waals surface area (Å²) in [5, 5.41) is 14.4. The second-order valence-corrected chi connectivity index (χ2v) is 8.38. The van der Waals surface area contributed by atoms with Gasteiger partial charge in [0.25, 0.3) is 0 Å². The molecule has 0 bridgehead atoms. The average Bonchev–Trinajstić information content (AvgIpc) is 2.84. The van der Waals surface area contributed by atoms with Gasteiger partial charge in [-0.15, -0.1) is 0 Å². The zero-order valence-corrected chi connectivity index (χ0v) is 15.4. The summed E-state index contributed by atoms with van der Waals surface area (Å²) in [7, 11) is 0. The van der Waals surface area contributed by atoms with Crippen molar-refractivity contribution in [1.82, 2.24) is 0 Å². The first-order valence-corrected chi connectivity index (χ1v) is 8.38. The fourth-order valence-corrected chi connectivity index (χ4v) is 3.01. The molecule has 0 spiro atoms. The Morgan fingerprint density at radius 2 is 1.54 bits per heavy atom. The molecule has 128 valence electrons. The van der Waals surface area contributed by atoms with Crippen LogP contribution >= 0.6 is 0 Å². The molecule has 2 aromatic carbocycles. The molecule has 2 aromatic rings. The van der Waals surface area contributed by atoms with E-state index < -0.39 is 0 Å². The Labute approximate surface area is 144 Å². The lowest BCUT2D eigenvalue weighted by molar-refractivity contribution is 0.465. The third kappa shape index (κ3) is 2.77. The van der Waals surface area contributed by atoms with Gasteiger partial charge in [-0.3, -0.25) is 10.4 Å². The number of rotatable bonds is 1. The van der Waals surface area contributed by atoms with Gasteiger partial charge in [0.2, 0.25) is 0 Å². The van der Waals surface area contributed by atoms with Crippen molar-refractivity contribution in [2.24, 2.45) is 0 Å². The molecule has 0 fully saturated rings. The maximum Gasteiger partial charge on any atom is 0.142 e. The van der Waals surface area contributed by atoms with Crippen LogP contribution < -0.4 is 15.6 Å². The van der Waals surface area contributed by atoms with E-state index in [1.807, 2.05) is 23.3 Å². The number of hydrogen-bond donors (Lipinski definition) is 2. The molecule has 0 radical (unpaired) electrons. The molecule has 1 aliphatic rings. The molecule has 0 saturated heterocycles. The first-order valence-electron chi connectivity index (χ1n) is 8.38. The van der Waals surface area contributed by atoms with E-state index in [2.05, 4.69) is 70.2 Å². The maximum absolute atomic E-state index is 10.3. The standard InChI is InChI=1S/C20H27N3O/c1-19(2,3)14-11-12-15-17(13-14)22(20(4,5)6)23(21-15)16-9-7-8-10-18(16)24/h7-13,21,24H,1-6H3. The highest BCUT2D eigenvalue weighted by Gasteiger charge is 2.37. The van der Waals surface area contributed by atoms with Crippen molar-refractivity contribution >= 4 is 17.1 Å². The number of para-hydroxylation sites is 2. The van der Waals surface area contributed by atoms with E-state index in [9.17, 15) is 5.11 Å². The first-order chi connectivity index (χ1) is 11.1. The van der Waals surface area contributed by atoms with Gasteiger partial charge in [-0.1, -0.05) is 39.0 Å². The second kappa shape index (κ2) is 5.33. The summed E-state index contributed by atoms with van der Waals surface area (Å²) in [5.74, 6) is 0.253. The van der Waals surface area contributed by atoms with Gasteiger partial charge in [0.05, 0.1) is 16.9 Å². The van der Waals surface area contributed by atoms with Gasteiger partial charge in [0.1, 0.15) is 11.4 Å². The van der Waals surface area contributed by atoms with Crippen LogP contribution in [0.15, 0.2) is 42.5 Å². The first kappa shape index (κ1) is 16.5. The predicted molar refractivity (Wildman–Crippen MR) is 102 cm³/mol. The number of hydrazine groups is 2. The molecular formula is C20H27N3O. The predicted octanol–water partition coefficient (Wildman–Crippen LogP) is 5.06. The van der Waals surface area contributed by atoms with Crippen molar-refractivity contribution in [1.29, 1.82) is 0 Å². The Morgan fingerprint density at radius 1 is 0.875 bits per heavy atom. The molecule has 0 atom stereocenters. The largest absolute Gasteiger partial charge is 0.506 e. The van der Waals surface area contributed by atoms with Crippen molar-refractivity contribution in [3.63, 3.8) is 0 Å². The van der Waals surface area contributed by atoms with Gasteiger partial charge in [0, 0.05) is 0 Å². The number of phenolic OH excluding ortho intramolecular Hbond substituents is 1. The molecule has 4 nitrogen and oxygen atoms in total. The van der Waals surface area contributed by atoms with Crippen LogP contribution in [0, 0.1) is 0 Å². The summed E-state index contributed by atoms with van der Waals surface area (Å²) in [6.07, 6.45) is 0. The van der Waals surface area contributed by atoms with Crippen LogP contribution in [0.2, 0.25) is 0 Å². The molecule has 0 aliphatic carbocycles. The van der Waals surface area contributed by atoms with Gasteiger partial charge in [-0.05, 0) is 56.0 Å². The Morgan fingerprint density at radius 3 is 2.12 bits per heavy atom. The SMILES string of the molecule is CC(C)(C)c1ccc2c(c1)N(C(C)(C)C)N(c1ccccc1O)N2. The molecule has 0 unspecified atom stereocenters. The number of hydrogen-bond acceptors (Lipinski definition) is 4. The van der Waals surface area contributed by atoms with Crippen molar-refractivity contribution < 1.29 is 5.11 Å². The van der Waals surface area contributed by atoms with E-state index in [4.69, 9.17) is 0 Å². The molecule has 0 amide bonds. The van der Waals surface area contributed by atoms with E-state index in [0.29, 0.717) is 0 Å². The van der Waals surface area contributed by atoms with Crippen LogP contribution in [0.4, 0.5) is 17.1 Å². The molecule has 1 aliphatic heterocycles. The van der Waals surface area contributed by atoms with E-state index in [0.717, 1.165) is 17.1 Å². The molecule has 0 aromatic heterocycles. The summed E-state index contributed by atoms with van der Waals surface area (Å²) in [5.41, 5.74) is 7.55. The Balaban J connectivity index is 2.13. The fraction of sp³-hybridized carbons (Fsp3) is 0.400. The highest BCUT2D eigenvalue weighted by molar-refractivity contribution is 5.83. The summed E-state index contributed by atoms with van der Waals surface area (Å²) in [6, 6.07) is 13.9. The van der Waals surface area contributed by atoms with Crippen molar-refractivity contribution in [3.8, 4) is 5.75 Å². The minimum absolute atomic E-state index is 0.0842. The topological polar surface area (TPSA) is 38.7 Å². The maximum atomic E-state index is 10.3. The van der Waals surface area contributed by atoms with Crippen LogP contribution in [0.1, 0.15) is 47.1 Å². The smallest absolute Gasteiger partial charge is 0.142 e. The number of nitrogens with zero attached hydrogens (tertiary/aromatic N) is 2. The average molecular weight is 325 g/mol. The third-order valence-corrected chi connectivity index (χ3v) is 4.26. The summed E-state index contributed by atoms with van der Waals surface area (Å²) in [4.78, 5) is 0. The van der Waals surface area contributed by atoms with Gasteiger partial charge < -0.3 is 5.11 Å². The quantitative estimate of drug-likeness (QED) is 0.769. The lowest BCUT2D eigenvalue weighted by Gasteiger charge is -2.41. The zero-order chi connectivity index (χ0) is 17.7. The lowest BCUT2D eigenvalue weighted by Crippen LogP contribution is -2.52. The summed E-state index contributed by atoms with van der Waals surface area (Å²) < 4.78 is 0. The molecular weight excluding hydrogens is 298 g/mol. The third-order valence-electron chi connectivity index (χ3n) is 4.26. The van der Waals surface area contributed by atoms with Crippen LogP contribution in [-0.2, 0) is 5.41 Å². The number of fused-ring (bicyclic) bond motifs is 1. The molecule has 4 heteroatoms. The lowest BCUT2D eigenvalue weighted by atomic mass is 9.86. The van der Waals surface area contributed by atoms with Crippen LogP contribution in [0.25, 0.3) is 0 Å². The Kier molecular flexibility index (Phi) is 3.67. The number of benzene rings is 2. The van der Waals surface area contributed by atoms with Gasteiger partial charge in [0.15, 0.2) is 0 Å². The van der Waals surface area contributed by atoms with Crippen LogP contribution in [-0.4, -0.2) is 10.6 Å². The van der Waals surface area contributed by atoms with E-state index >= 15 is 0 Å². The summed E-state index contributed by atoms with van der Waals surface area (Å²) in [6.45, 7) is 13.2. The monoisotopic (exact) mass is 325 g/mol. The normalized spacial score (nSPS) is 14.6. The molecule has 3 rings (SSSR count). The highest BCUT2D eigenvalue weighted by Crippen LogP contribution is 2.44. The Bertz CT molecular complexity index is 756. The number of anilines is 3. The highest BCUT2D eigenvalue weighted by atomic mass is 16.3. The van der Waals surface area contributed by atoms with Crippen LogP contribution in [0.5, 0.6) is 5.75 Å². The van der Waals surface area contributed by atoms with Crippen molar-refractivity contribution in [3.05, 3.63) is 48.0 Å². The molecule has 2 N–H and O–H groups in total. The second-order valence-electron chi connectivity index (χ2n) is 8.38. The molecule has 1 heterocycles. The number of aromatic hydroxyl groups is 1. The van der Waals surface area contributed by atoms with Gasteiger partial charge in [-0.25, -0.2) is 0 Å². The van der Waals surface area contributed by atoms with E-state index in [-0.39, 0.29) is 16.7 Å².